The fourth-order valence-corrected chi connectivity index (χ4v) is 12.2. The van der Waals surface area contributed by atoms with E-state index in [9.17, 15) is 53.1 Å². The quantitative estimate of drug-likeness (QED) is 0.0267. The molecule has 0 saturated carbocycles. The molecule has 0 fully saturated rings. The normalized spacial score (nSPS) is 16.5. The lowest BCUT2D eigenvalue weighted by atomic mass is 9.81. The number of halogens is 1. The van der Waals surface area contributed by atoms with E-state index in [1.165, 1.54) is 10.6 Å². The van der Waals surface area contributed by atoms with E-state index in [1.807, 2.05) is 48.5 Å². The van der Waals surface area contributed by atoms with Gasteiger partial charge in [-0.3, -0.25) is 38.4 Å². The van der Waals surface area contributed by atoms with Gasteiger partial charge < -0.3 is 61.1 Å². The molecule has 4 heterocycles. The minimum atomic E-state index is -2.05. The van der Waals surface area contributed by atoms with Gasteiger partial charge in [-0.25, -0.2) is 19.0 Å². The summed E-state index contributed by atoms with van der Waals surface area (Å²) in [6, 6.07) is 23.8. The van der Waals surface area contributed by atoms with E-state index in [1.54, 1.807) is 71.0 Å². The van der Waals surface area contributed by atoms with Crippen LogP contribution in [0.15, 0.2) is 95.8 Å². The van der Waals surface area contributed by atoms with Gasteiger partial charge in [0.2, 0.25) is 35.4 Å². The summed E-state index contributed by atoms with van der Waals surface area (Å²) in [6.45, 7) is 6.12. The molecule has 7 amide bonds. The summed E-state index contributed by atoms with van der Waals surface area (Å²) in [4.78, 5) is 138. The monoisotopic (exact) mass is 1230 g/mol. The van der Waals surface area contributed by atoms with E-state index in [4.69, 9.17) is 19.2 Å². The molecule has 2 unspecified atom stereocenters. The fraction of sp³-hybridized carbons (Fsp3) is 0.379. The Morgan fingerprint density at radius 3 is 2.11 bits per heavy atom. The van der Waals surface area contributed by atoms with Gasteiger partial charge in [-0.15, -0.1) is 0 Å². The zero-order valence-electron chi connectivity index (χ0n) is 50.4. The van der Waals surface area contributed by atoms with Crippen LogP contribution in [0.2, 0.25) is 0 Å². The Bertz CT molecular complexity index is 3910. The molecule has 4 aromatic carbocycles. The SMILES string of the molecule is CC[C@@]1(O)C(=O)OCc2c1cc1n(c2=O)Cc2c-1nc1cc(F)c(C)c3c1c2C(NC(=O)CCCNC(=O)CNC(=O)[C@H](Cc1ccccc1)NC(=O)CNC(=O)CNC(=O)C(CC(=O)OC(C)(C)C)NC(=O)OCC1c2ccccc2-c2ccccc21)CC3. The maximum Gasteiger partial charge on any atom is 0.407 e. The topological polar surface area (TPSA) is 321 Å². The molecule has 8 N–H and O–H groups in total. The number of aryl methyl sites for hydroxylation is 1. The molecule has 2 aliphatic heterocycles. The van der Waals surface area contributed by atoms with Crippen molar-refractivity contribution in [2.24, 2.45) is 0 Å². The van der Waals surface area contributed by atoms with Crippen LogP contribution in [-0.4, -0.2) is 119 Å². The molecular formula is C66H70FN9O14. The third-order valence-electron chi connectivity index (χ3n) is 16.6. The molecule has 2 aromatic heterocycles. The van der Waals surface area contributed by atoms with Crippen LogP contribution in [0.4, 0.5) is 9.18 Å². The standard InChI is InChI=1S/C66H70FN9O14/c1-6-66(87)45-26-51-59-42(32-76(51)62(84)44(45)34-88-63(66)85)58-47(23-22-37-35(2)46(67)27-48(74-59)57(37)58)72-52(77)21-14-24-68-53(78)29-70-60(82)49(25-36-15-8-7-9-16-36)73-55(80)31-69-54(79)30-71-61(83)50(28-56(81)90-65(3,4)5)75-64(86)89-33-43-40-19-12-10-17-38(40)39-18-11-13-20-41(39)43/h7-13,15-20,26-27,43,47,49-50,87H,6,14,21-25,28-34H2,1-5H3,(H,68,78)(H,69,79)(H,70,82)(H,71,83)(H,72,77)(H,73,80)(H,75,86)/t47?,49-,50?,66-/m0/s1. The van der Waals surface area contributed by atoms with Crippen LogP contribution in [0, 0.1) is 12.7 Å². The van der Waals surface area contributed by atoms with E-state index in [0.717, 1.165) is 27.8 Å². The van der Waals surface area contributed by atoms with Crippen LogP contribution in [0.5, 0.6) is 0 Å². The van der Waals surface area contributed by atoms with Crippen LogP contribution in [-0.2, 0) is 84.2 Å². The Morgan fingerprint density at radius 1 is 0.789 bits per heavy atom. The number of hydrogen-bond acceptors (Lipinski definition) is 15. The van der Waals surface area contributed by atoms with Gasteiger partial charge >= 0.3 is 18.0 Å². The summed E-state index contributed by atoms with van der Waals surface area (Å²) in [5.41, 5.74) is 5.02. The minimum absolute atomic E-state index is 0.0000371. The summed E-state index contributed by atoms with van der Waals surface area (Å²) in [7, 11) is 0. The van der Waals surface area contributed by atoms with Crippen molar-refractivity contribution in [3.05, 3.63) is 157 Å². The number of cyclic esters (lactones) is 1. The third-order valence-corrected chi connectivity index (χ3v) is 16.6. The molecule has 24 heteroatoms. The molecule has 6 aromatic rings. The lowest BCUT2D eigenvalue weighted by molar-refractivity contribution is -0.172. The van der Waals surface area contributed by atoms with Crippen LogP contribution < -0.4 is 42.8 Å². The Balaban J connectivity index is 0.699. The molecule has 23 nitrogen and oxygen atoms in total. The number of aliphatic hydroxyl groups is 1. The average molecular weight is 1230 g/mol. The zero-order valence-corrected chi connectivity index (χ0v) is 50.4. The van der Waals surface area contributed by atoms with E-state index in [-0.39, 0.29) is 74.9 Å². The van der Waals surface area contributed by atoms with Crippen molar-refractivity contribution in [3.8, 4) is 22.5 Å². The average Bonchev–Trinajstić information content (AvgIpc) is 1.46. The molecule has 0 spiro atoms. The minimum Gasteiger partial charge on any atom is -0.460 e. The van der Waals surface area contributed by atoms with Crippen molar-refractivity contribution in [2.75, 3.05) is 32.8 Å². The second kappa shape index (κ2) is 26.5. The highest BCUT2D eigenvalue weighted by Gasteiger charge is 2.46. The van der Waals surface area contributed by atoms with Gasteiger partial charge in [0.25, 0.3) is 5.56 Å². The van der Waals surface area contributed by atoms with Gasteiger partial charge in [0.1, 0.15) is 36.7 Å². The van der Waals surface area contributed by atoms with E-state index < -0.39 is 114 Å². The molecular weight excluding hydrogens is 1160 g/mol. The van der Waals surface area contributed by atoms with Gasteiger partial charge in [0.05, 0.1) is 61.1 Å². The predicted octanol–water partition coefficient (Wildman–Crippen LogP) is 4.24. The number of carbonyl (C=O) groups is 9. The van der Waals surface area contributed by atoms with Gasteiger partial charge in [-0.1, -0.05) is 85.8 Å². The second-order valence-electron chi connectivity index (χ2n) is 23.8. The molecule has 0 saturated heterocycles. The maximum atomic E-state index is 15.5. The van der Waals surface area contributed by atoms with Crippen molar-refractivity contribution in [1.82, 2.24) is 46.8 Å². The van der Waals surface area contributed by atoms with Crippen molar-refractivity contribution in [1.29, 1.82) is 0 Å². The van der Waals surface area contributed by atoms with Crippen LogP contribution >= 0.6 is 0 Å². The number of pyridine rings is 2. The number of esters is 2. The Hall–Kier alpha value is -9.84. The summed E-state index contributed by atoms with van der Waals surface area (Å²) < 4.78 is 33.2. The lowest BCUT2D eigenvalue weighted by Crippen LogP contribution is -2.53. The van der Waals surface area contributed by atoms with Crippen molar-refractivity contribution in [2.45, 2.75) is 128 Å². The summed E-state index contributed by atoms with van der Waals surface area (Å²) in [5, 5.41) is 30.2. The smallest absolute Gasteiger partial charge is 0.407 e. The number of ether oxygens (including phenoxy) is 3. The number of aromatic nitrogens is 2. The zero-order chi connectivity index (χ0) is 64.2. The molecule has 4 atom stereocenters. The molecule has 0 radical (unpaired) electrons. The largest absolute Gasteiger partial charge is 0.460 e. The number of nitrogens with one attached hydrogen (secondary N) is 7. The number of nitrogens with zero attached hydrogens (tertiary/aromatic N) is 2. The highest BCUT2D eigenvalue weighted by molar-refractivity contribution is 5.96. The number of benzene rings is 4. The first-order valence-electron chi connectivity index (χ1n) is 29.9. The fourth-order valence-electron chi connectivity index (χ4n) is 12.2. The number of alkyl carbamates (subject to hydrolysis) is 1. The second-order valence-corrected chi connectivity index (χ2v) is 23.8. The van der Waals surface area contributed by atoms with Crippen molar-refractivity contribution in [3.63, 3.8) is 0 Å². The number of hydrogen-bond donors (Lipinski definition) is 8. The number of carbonyl (C=O) groups excluding carboxylic acids is 9. The summed E-state index contributed by atoms with van der Waals surface area (Å²) >= 11 is 0. The van der Waals surface area contributed by atoms with Crippen molar-refractivity contribution < 1.29 is 66.9 Å². The van der Waals surface area contributed by atoms with Gasteiger partial charge in [0, 0.05) is 47.9 Å². The van der Waals surface area contributed by atoms with Crippen molar-refractivity contribution >= 4 is 64.4 Å². The van der Waals surface area contributed by atoms with Crippen LogP contribution in [0.3, 0.4) is 0 Å². The predicted molar refractivity (Wildman–Crippen MR) is 324 cm³/mol. The van der Waals surface area contributed by atoms with E-state index >= 15 is 4.39 Å². The summed E-state index contributed by atoms with van der Waals surface area (Å²) in [6.07, 6.45) is -0.636. The van der Waals surface area contributed by atoms with Gasteiger partial charge in [0.15, 0.2) is 5.60 Å². The van der Waals surface area contributed by atoms with E-state index in [0.29, 0.717) is 57.4 Å². The van der Waals surface area contributed by atoms with Gasteiger partial charge in [-0.2, -0.15) is 0 Å². The lowest BCUT2D eigenvalue weighted by Gasteiger charge is -2.31. The first kappa shape index (κ1) is 63.2. The molecule has 10 rings (SSSR count). The molecule has 0 bridgehead atoms. The van der Waals surface area contributed by atoms with Crippen LogP contribution in [0.25, 0.3) is 33.4 Å². The third kappa shape index (κ3) is 13.6. The number of fused-ring (bicyclic) bond motifs is 8. The number of amides is 7. The highest BCUT2D eigenvalue weighted by atomic mass is 19.1. The molecule has 470 valence electrons. The molecule has 4 aliphatic rings. The summed E-state index contributed by atoms with van der Waals surface area (Å²) in [5.74, 6) is -6.60. The van der Waals surface area contributed by atoms with Crippen LogP contribution in [0.1, 0.15) is 122 Å². The molecule has 90 heavy (non-hydrogen) atoms. The van der Waals surface area contributed by atoms with Gasteiger partial charge in [-0.05, 0) is 104 Å². The van der Waals surface area contributed by atoms with E-state index in [2.05, 4.69) is 37.2 Å². The first-order valence-corrected chi connectivity index (χ1v) is 29.9. The Morgan fingerprint density at radius 2 is 1.43 bits per heavy atom. The Labute approximate surface area is 516 Å². The first-order chi connectivity index (χ1) is 43.0. The number of rotatable bonds is 22. The highest BCUT2D eigenvalue weighted by Crippen LogP contribution is 2.47. The maximum absolute atomic E-state index is 15.5. The molecule has 2 aliphatic carbocycles. The Kier molecular flexibility index (Phi) is 18.6.